The van der Waals surface area contributed by atoms with Crippen LogP contribution in [-0.2, 0) is 0 Å². The van der Waals surface area contributed by atoms with Crippen LogP contribution >= 0.6 is 0 Å². The Morgan fingerprint density at radius 3 is 1.88 bits per heavy atom. The number of rotatable bonds is 4. The van der Waals surface area contributed by atoms with Gasteiger partial charge in [-0.3, -0.25) is 0 Å². The summed E-state index contributed by atoms with van der Waals surface area (Å²) in [6.07, 6.45) is 0. The average molecular weight is 344 g/mol. The minimum atomic E-state index is -0.452. The summed E-state index contributed by atoms with van der Waals surface area (Å²) >= 11 is 0. The van der Waals surface area contributed by atoms with Crippen molar-refractivity contribution in [1.29, 1.82) is 0 Å². The largest absolute Gasteiger partial charge is 0.477 e. The van der Waals surface area contributed by atoms with E-state index < -0.39 is 5.82 Å². The van der Waals surface area contributed by atoms with E-state index in [0.29, 0.717) is 11.0 Å². The Morgan fingerprint density at radius 1 is 0.760 bits per heavy atom. The lowest BCUT2D eigenvalue weighted by Gasteiger charge is -2.07. The van der Waals surface area contributed by atoms with E-state index in [-0.39, 0.29) is 34.5 Å². The zero-order chi connectivity index (χ0) is 17.4. The molecule has 0 saturated carbocycles. The molecule has 4 aromatic rings. The second-order valence-electron chi connectivity index (χ2n) is 4.80. The number of halogens is 1. The number of benzene rings is 1. The Labute approximate surface area is 138 Å². The fourth-order valence-electron chi connectivity index (χ4n) is 2.28. The monoisotopic (exact) mass is 344 g/mol. The van der Waals surface area contributed by atoms with E-state index in [1.54, 1.807) is 0 Å². The highest BCUT2D eigenvalue weighted by Crippen LogP contribution is 2.36. The molecule has 0 amide bonds. The maximum absolute atomic E-state index is 13.6. The van der Waals surface area contributed by atoms with Gasteiger partial charge in [0.1, 0.15) is 17.2 Å². The number of aromatic nitrogens is 6. The Hall–Kier alpha value is -3.63. The second-order valence-corrected chi connectivity index (χ2v) is 4.80. The third-order valence-corrected chi connectivity index (χ3v) is 3.38. The molecule has 25 heavy (non-hydrogen) atoms. The highest BCUT2D eigenvalue weighted by atomic mass is 19.1. The van der Waals surface area contributed by atoms with E-state index in [0.717, 1.165) is 0 Å². The molecule has 10 nitrogen and oxygen atoms in total. The van der Waals surface area contributed by atoms with Gasteiger partial charge in [-0.25, -0.2) is 23.6 Å². The molecule has 0 aliphatic rings. The number of hydrogen-bond donors (Lipinski definition) is 0. The first-order valence-corrected chi connectivity index (χ1v) is 6.92. The van der Waals surface area contributed by atoms with Crippen molar-refractivity contribution in [3.8, 4) is 34.5 Å². The summed E-state index contributed by atoms with van der Waals surface area (Å²) in [4.78, 5) is 8.87. The van der Waals surface area contributed by atoms with Crippen molar-refractivity contribution in [1.82, 2.24) is 30.6 Å². The van der Waals surface area contributed by atoms with Gasteiger partial charge in [0.25, 0.3) is 11.8 Å². The van der Waals surface area contributed by atoms with Crippen molar-refractivity contribution in [2.24, 2.45) is 0 Å². The second kappa shape index (κ2) is 5.78. The number of fused-ring (bicyclic) bond motifs is 1. The van der Waals surface area contributed by atoms with Gasteiger partial charge >= 0.3 is 0 Å². The van der Waals surface area contributed by atoms with E-state index in [4.69, 9.17) is 18.7 Å². The van der Waals surface area contributed by atoms with Gasteiger partial charge in [0.2, 0.25) is 0 Å². The van der Waals surface area contributed by atoms with Crippen molar-refractivity contribution in [3.63, 3.8) is 0 Å². The lowest BCUT2D eigenvalue weighted by atomic mass is 10.1. The average Bonchev–Trinajstić information content (AvgIpc) is 3.29. The fourth-order valence-corrected chi connectivity index (χ4v) is 2.28. The number of hydrogen-bond acceptors (Lipinski definition) is 10. The normalized spacial score (nSPS) is 11.0. The number of methoxy groups -OCH3 is 2. The maximum Gasteiger partial charge on any atom is 0.285 e. The Balaban J connectivity index is 2.05. The van der Waals surface area contributed by atoms with Crippen LogP contribution in [0.15, 0.2) is 27.5 Å². The predicted molar refractivity (Wildman–Crippen MR) is 79.2 cm³/mol. The first kappa shape index (κ1) is 14.9. The summed E-state index contributed by atoms with van der Waals surface area (Å²) in [5.41, 5.74) is 1.54. The summed E-state index contributed by atoms with van der Waals surface area (Å²) in [6.45, 7) is 0. The summed E-state index contributed by atoms with van der Waals surface area (Å²) in [7, 11) is 2.81. The van der Waals surface area contributed by atoms with Crippen LogP contribution in [0.4, 0.5) is 4.39 Å². The van der Waals surface area contributed by atoms with Crippen LogP contribution in [0, 0.1) is 5.82 Å². The van der Waals surface area contributed by atoms with Crippen molar-refractivity contribution in [2.75, 3.05) is 14.2 Å². The molecule has 3 heterocycles. The van der Waals surface area contributed by atoms with E-state index >= 15 is 0 Å². The van der Waals surface area contributed by atoms with Crippen LogP contribution < -0.4 is 9.47 Å². The molecule has 0 atom stereocenters. The molecule has 0 fully saturated rings. The van der Waals surface area contributed by atoms with Crippen LogP contribution in [0.1, 0.15) is 0 Å². The van der Waals surface area contributed by atoms with Crippen molar-refractivity contribution >= 4 is 11.0 Å². The van der Waals surface area contributed by atoms with Crippen molar-refractivity contribution < 1.29 is 23.1 Å². The van der Waals surface area contributed by atoms with Crippen LogP contribution in [0.2, 0.25) is 0 Å². The minimum absolute atomic E-state index is 0.0849. The third-order valence-electron chi connectivity index (χ3n) is 3.38. The SMILES string of the molecule is COc1nonc1-c1nc2ccc(F)cc2nc1-c1nonc1OC. The molecule has 11 heteroatoms. The van der Waals surface area contributed by atoms with Crippen LogP contribution in [0.3, 0.4) is 0 Å². The van der Waals surface area contributed by atoms with E-state index in [1.165, 1.54) is 32.4 Å². The topological polar surface area (TPSA) is 122 Å². The summed E-state index contributed by atoms with van der Waals surface area (Å²) < 4.78 is 33.2. The Bertz CT molecular complexity index is 1060. The van der Waals surface area contributed by atoms with Gasteiger partial charge in [0.05, 0.1) is 25.3 Å². The molecule has 1 aromatic carbocycles. The zero-order valence-corrected chi connectivity index (χ0v) is 12.9. The quantitative estimate of drug-likeness (QED) is 0.542. The smallest absolute Gasteiger partial charge is 0.285 e. The number of ether oxygens (including phenoxy) is 2. The van der Waals surface area contributed by atoms with Gasteiger partial charge in [-0.1, -0.05) is 0 Å². The Morgan fingerprint density at radius 2 is 1.32 bits per heavy atom. The molecule has 126 valence electrons. The minimum Gasteiger partial charge on any atom is -0.477 e. The summed E-state index contributed by atoms with van der Waals surface area (Å²) in [5.74, 6) is -0.263. The van der Waals surface area contributed by atoms with Crippen LogP contribution in [0.5, 0.6) is 11.8 Å². The molecule has 0 aliphatic heterocycles. The molecule has 0 saturated heterocycles. The molecule has 0 unspecified atom stereocenters. The zero-order valence-electron chi connectivity index (χ0n) is 12.9. The molecule has 0 spiro atoms. The van der Waals surface area contributed by atoms with Gasteiger partial charge in [-0.15, -0.1) is 0 Å². The van der Waals surface area contributed by atoms with Gasteiger partial charge in [-0.05, 0) is 32.8 Å². The van der Waals surface area contributed by atoms with E-state index in [2.05, 4.69) is 30.6 Å². The van der Waals surface area contributed by atoms with Gasteiger partial charge in [0.15, 0.2) is 11.4 Å². The molecule has 3 aromatic heterocycles. The standard InChI is InChI=1S/C14H9FN6O4/c1-22-13-11(18-24-20-13)9-10(12-14(23-2)21-25-19-12)17-8-5-6(15)3-4-7(8)16-9/h3-5H,1-2H3. The molecule has 0 bridgehead atoms. The molecular formula is C14H9FN6O4. The van der Waals surface area contributed by atoms with Gasteiger partial charge in [-0.2, -0.15) is 0 Å². The van der Waals surface area contributed by atoms with Crippen LogP contribution in [0.25, 0.3) is 33.8 Å². The van der Waals surface area contributed by atoms with E-state index in [1.807, 2.05) is 0 Å². The Kier molecular flexibility index (Phi) is 3.45. The lowest BCUT2D eigenvalue weighted by molar-refractivity contribution is 0.281. The maximum atomic E-state index is 13.6. The third kappa shape index (κ3) is 2.41. The van der Waals surface area contributed by atoms with E-state index in [9.17, 15) is 4.39 Å². The van der Waals surface area contributed by atoms with Gasteiger partial charge in [0, 0.05) is 6.07 Å². The lowest BCUT2D eigenvalue weighted by Crippen LogP contribution is -1.99. The number of nitrogens with zero attached hydrogens (tertiary/aromatic N) is 6. The predicted octanol–water partition coefficient (Wildman–Crippen LogP) is 1.89. The summed E-state index contributed by atoms with van der Waals surface area (Å²) in [6, 6.07) is 4.01. The summed E-state index contributed by atoms with van der Waals surface area (Å²) in [5, 5.41) is 14.9. The molecule has 0 N–H and O–H groups in total. The highest BCUT2D eigenvalue weighted by Gasteiger charge is 2.26. The first-order chi connectivity index (χ1) is 12.2. The molecule has 0 aliphatic carbocycles. The van der Waals surface area contributed by atoms with Crippen molar-refractivity contribution in [3.05, 3.63) is 24.0 Å². The van der Waals surface area contributed by atoms with Crippen molar-refractivity contribution in [2.45, 2.75) is 0 Å². The molecular weight excluding hydrogens is 335 g/mol. The fraction of sp³-hybridized carbons (Fsp3) is 0.143. The highest BCUT2D eigenvalue weighted by molar-refractivity contribution is 5.86. The molecule has 4 rings (SSSR count). The molecule has 0 radical (unpaired) electrons. The van der Waals surface area contributed by atoms with Crippen LogP contribution in [-0.4, -0.2) is 44.8 Å². The van der Waals surface area contributed by atoms with Gasteiger partial charge < -0.3 is 9.47 Å². The first-order valence-electron chi connectivity index (χ1n) is 6.92.